The van der Waals surface area contributed by atoms with E-state index in [1.165, 1.54) is 64.7 Å². The molecule has 0 radical (unpaired) electrons. The molecule has 2 aliphatic carbocycles. The third kappa shape index (κ3) is 2.41. The van der Waals surface area contributed by atoms with Crippen LogP contribution in [0.1, 0.15) is 38.5 Å². The van der Waals surface area contributed by atoms with E-state index in [2.05, 4.69) is 9.80 Å². The highest BCUT2D eigenvalue weighted by Gasteiger charge is 2.33. The zero-order valence-corrected chi connectivity index (χ0v) is 10.3. The number of piperazine rings is 1. The first-order valence-corrected chi connectivity index (χ1v) is 7.06. The van der Waals surface area contributed by atoms with Crippen LogP contribution >= 0.6 is 0 Å². The van der Waals surface area contributed by atoms with Crippen LogP contribution in [0.25, 0.3) is 0 Å². The summed E-state index contributed by atoms with van der Waals surface area (Å²) in [5, 5.41) is 0. The summed E-state index contributed by atoms with van der Waals surface area (Å²) in [6.07, 6.45) is 8.12. The molecule has 1 saturated heterocycles. The molecule has 0 amide bonds. The van der Waals surface area contributed by atoms with Crippen LogP contribution in [-0.4, -0.2) is 54.1 Å². The van der Waals surface area contributed by atoms with Gasteiger partial charge in [0.05, 0.1) is 0 Å². The molecule has 0 aromatic carbocycles. The average Bonchev–Trinajstić information content (AvgIpc) is 3.13. The van der Waals surface area contributed by atoms with Crippen molar-refractivity contribution in [2.75, 3.05) is 26.2 Å². The van der Waals surface area contributed by atoms with E-state index in [9.17, 15) is 0 Å². The Kier molecular flexibility index (Phi) is 3.18. The fraction of sp³-hybridized carbons (Fsp3) is 1.00. The van der Waals surface area contributed by atoms with Crippen molar-refractivity contribution in [2.24, 2.45) is 5.73 Å². The van der Waals surface area contributed by atoms with Gasteiger partial charge in [-0.3, -0.25) is 9.80 Å². The summed E-state index contributed by atoms with van der Waals surface area (Å²) in [7, 11) is 0. The third-order valence-electron chi connectivity index (χ3n) is 4.62. The summed E-state index contributed by atoms with van der Waals surface area (Å²) in [6.45, 7) is 5.18. The van der Waals surface area contributed by atoms with Gasteiger partial charge in [0.25, 0.3) is 0 Å². The minimum absolute atomic E-state index is 0.472. The van der Waals surface area contributed by atoms with Gasteiger partial charge in [-0.25, -0.2) is 0 Å². The molecule has 0 spiro atoms. The van der Waals surface area contributed by atoms with E-state index in [0.717, 1.165) is 12.1 Å². The molecule has 3 fully saturated rings. The van der Waals surface area contributed by atoms with Crippen LogP contribution in [0.2, 0.25) is 0 Å². The predicted molar refractivity (Wildman–Crippen MR) is 66.4 cm³/mol. The van der Waals surface area contributed by atoms with E-state index in [-0.39, 0.29) is 0 Å². The topological polar surface area (TPSA) is 32.5 Å². The molecule has 2 atom stereocenters. The second-order valence-corrected chi connectivity index (χ2v) is 5.88. The van der Waals surface area contributed by atoms with Crippen LogP contribution in [-0.2, 0) is 0 Å². The zero-order chi connectivity index (χ0) is 11.0. The first kappa shape index (κ1) is 11.0. The molecule has 3 aliphatic rings. The zero-order valence-electron chi connectivity index (χ0n) is 10.3. The SMILES string of the molecule is N[C@H]1CCC[C@H](N2CCN(C3CC3)CC2)C1. The molecular weight excluding hydrogens is 198 g/mol. The van der Waals surface area contributed by atoms with E-state index in [0.29, 0.717) is 6.04 Å². The average molecular weight is 223 g/mol. The van der Waals surface area contributed by atoms with Gasteiger partial charge in [-0.15, -0.1) is 0 Å². The van der Waals surface area contributed by atoms with E-state index in [4.69, 9.17) is 5.73 Å². The van der Waals surface area contributed by atoms with Gasteiger partial charge in [-0.1, -0.05) is 6.42 Å². The van der Waals surface area contributed by atoms with Crippen molar-refractivity contribution in [1.82, 2.24) is 9.80 Å². The van der Waals surface area contributed by atoms with Crippen LogP contribution in [0, 0.1) is 0 Å². The second-order valence-electron chi connectivity index (χ2n) is 5.88. The molecule has 3 nitrogen and oxygen atoms in total. The van der Waals surface area contributed by atoms with Gasteiger partial charge in [-0.05, 0) is 32.1 Å². The van der Waals surface area contributed by atoms with Crippen LogP contribution < -0.4 is 5.73 Å². The number of hydrogen-bond acceptors (Lipinski definition) is 3. The number of rotatable bonds is 2. The summed E-state index contributed by atoms with van der Waals surface area (Å²) in [5.41, 5.74) is 6.08. The molecule has 3 heteroatoms. The fourth-order valence-corrected chi connectivity index (χ4v) is 3.44. The van der Waals surface area contributed by atoms with Gasteiger partial charge in [-0.2, -0.15) is 0 Å². The third-order valence-corrected chi connectivity index (χ3v) is 4.62. The van der Waals surface area contributed by atoms with Crippen LogP contribution in [0.4, 0.5) is 0 Å². The molecule has 92 valence electrons. The highest BCUT2D eigenvalue weighted by molar-refractivity contribution is 4.90. The molecule has 0 aromatic heterocycles. The van der Waals surface area contributed by atoms with Gasteiger partial charge in [0, 0.05) is 44.3 Å². The van der Waals surface area contributed by atoms with Crippen molar-refractivity contribution < 1.29 is 0 Å². The van der Waals surface area contributed by atoms with Crippen molar-refractivity contribution in [2.45, 2.75) is 56.7 Å². The molecule has 16 heavy (non-hydrogen) atoms. The number of nitrogens with two attached hydrogens (primary N) is 1. The molecule has 2 N–H and O–H groups in total. The standard InChI is InChI=1S/C13H25N3/c14-11-2-1-3-13(10-11)16-8-6-15(7-9-16)12-4-5-12/h11-13H,1-10,14H2/t11-,13-/m0/s1. The Morgan fingerprint density at radius 1 is 0.750 bits per heavy atom. The summed E-state index contributed by atoms with van der Waals surface area (Å²) in [4.78, 5) is 5.40. The van der Waals surface area contributed by atoms with Gasteiger partial charge in [0.15, 0.2) is 0 Å². The summed E-state index contributed by atoms with van der Waals surface area (Å²) in [5.74, 6) is 0. The minimum atomic E-state index is 0.472. The molecule has 0 aromatic rings. The molecule has 1 aliphatic heterocycles. The molecule has 1 heterocycles. The Morgan fingerprint density at radius 2 is 1.38 bits per heavy atom. The summed E-state index contributed by atoms with van der Waals surface area (Å²) < 4.78 is 0. The lowest BCUT2D eigenvalue weighted by Crippen LogP contribution is -2.52. The van der Waals surface area contributed by atoms with Gasteiger partial charge in [0.1, 0.15) is 0 Å². The highest BCUT2D eigenvalue weighted by atomic mass is 15.3. The minimum Gasteiger partial charge on any atom is -0.328 e. The molecule has 0 bridgehead atoms. The van der Waals surface area contributed by atoms with Crippen LogP contribution in [0.15, 0.2) is 0 Å². The lowest BCUT2D eigenvalue weighted by atomic mass is 9.90. The normalized spacial score (nSPS) is 38.8. The maximum absolute atomic E-state index is 6.08. The van der Waals surface area contributed by atoms with E-state index >= 15 is 0 Å². The van der Waals surface area contributed by atoms with Crippen molar-refractivity contribution in [3.05, 3.63) is 0 Å². The van der Waals surface area contributed by atoms with E-state index < -0.39 is 0 Å². The molecule has 3 rings (SSSR count). The van der Waals surface area contributed by atoms with Crippen LogP contribution in [0.5, 0.6) is 0 Å². The van der Waals surface area contributed by atoms with Crippen molar-refractivity contribution in [1.29, 1.82) is 0 Å². The van der Waals surface area contributed by atoms with E-state index in [1.54, 1.807) is 0 Å². The van der Waals surface area contributed by atoms with Gasteiger partial charge in [0.2, 0.25) is 0 Å². The monoisotopic (exact) mass is 223 g/mol. The first-order valence-electron chi connectivity index (χ1n) is 7.06. The predicted octanol–water partition coefficient (Wildman–Crippen LogP) is 1.04. The van der Waals surface area contributed by atoms with Gasteiger partial charge < -0.3 is 5.73 Å². The maximum Gasteiger partial charge on any atom is 0.0113 e. The molecule has 2 saturated carbocycles. The molecule has 0 unspecified atom stereocenters. The Balaban J connectivity index is 1.48. The van der Waals surface area contributed by atoms with E-state index in [1.807, 2.05) is 0 Å². The Hall–Kier alpha value is -0.120. The van der Waals surface area contributed by atoms with Crippen molar-refractivity contribution >= 4 is 0 Å². The summed E-state index contributed by atoms with van der Waals surface area (Å²) in [6, 6.07) is 2.22. The Bertz CT molecular complexity index is 231. The van der Waals surface area contributed by atoms with Crippen molar-refractivity contribution in [3.8, 4) is 0 Å². The highest BCUT2D eigenvalue weighted by Crippen LogP contribution is 2.29. The maximum atomic E-state index is 6.08. The smallest absolute Gasteiger partial charge is 0.0113 e. The lowest BCUT2D eigenvalue weighted by molar-refractivity contribution is 0.0716. The molecular formula is C13H25N3. The Morgan fingerprint density at radius 3 is 1.94 bits per heavy atom. The number of hydrogen-bond donors (Lipinski definition) is 1. The quantitative estimate of drug-likeness (QED) is 0.759. The second kappa shape index (κ2) is 4.63. The number of nitrogens with zero attached hydrogens (tertiary/aromatic N) is 2. The lowest BCUT2D eigenvalue weighted by Gasteiger charge is -2.42. The van der Waals surface area contributed by atoms with Crippen LogP contribution in [0.3, 0.4) is 0 Å². The Labute approximate surface area is 99.0 Å². The largest absolute Gasteiger partial charge is 0.328 e. The summed E-state index contributed by atoms with van der Waals surface area (Å²) >= 11 is 0. The fourth-order valence-electron chi connectivity index (χ4n) is 3.44. The van der Waals surface area contributed by atoms with Crippen molar-refractivity contribution in [3.63, 3.8) is 0 Å². The first-order chi connectivity index (χ1) is 7.83. The van der Waals surface area contributed by atoms with Gasteiger partial charge >= 0.3 is 0 Å².